The number of hydrogen-bond donors (Lipinski definition) is 5. The first-order valence-electron chi connectivity index (χ1n) is 16.0. The van der Waals surface area contributed by atoms with E-state index in [-0.39, 0.29) is 19.7 Å². The van der Waals surface area contributed by atoms with Crippen LogP contribution in [-0.4, -0.2) is 77.6 Å². The summed E-state index contributed by atoms with van der Waals surface area (Å²) >= 11 is 0. The first kappa shape index (κ1) is 37.5. The van der Waals surface area contributed by atoms with Crippen molar-refractivity contribution < 1.29 is 34.0 Å². The fourth-order valence-electron chi connectivity index (χ4n) is 4.88. The summed E-state index contributed by atoms with van der Waals surface area (Å²) in [6.07, 6.45) is -2.61. The van der Waals surface area contributed by atoms with Crippen LogP contribution in [0.15, 0.2) is 91.0 Å². The normalized spacial score (nSPS) is 14.4. The fourth-order valence-corrected chi connectivity index (χ4v) is 4.88. The van der Waals surface area contributed by atoms with Gasteiger partial charge in [0.25, 0.3) is 0 Å². The van der Waals surface area contributed by atoms with Crippen LogP contribution in [0.4, 0.5) is 9.59 Å². The van der Waals surface area contributed by atoms with Gasteiger partial charge in [0, 0.05) is 13.1 Å². The molecule has 0 heterocycles. The number of alkyl carbamates (subject to hydrolysis) is 2. The summed E-state index contributed by atoms with van der Waals surface area (Å²) in [6, 6.07) is 27.4. The largest absolute Gasteiger partial charge is 0.444 e. The molecule has 10 nitrogen and oxygen atoms in total. The Labute approximate surface area is 278 Å². The molecule has 0 bridgehead atoms. The van der Waals surface area contributed by atoms with Crippen LogP contribution in [0.25, 0.3) is 0 Å². The van der Waals surface area contributed by atoms with Crippen LogP contribution in [0.2, 0.25) is 0 Å². The van der Waals surface area contributed by atoms with E-state index in [0.717, 1.165) is 16.7 Å². The van der Waals surface area contributed by atoms with Crippen LogP contribution in [-0.2, 0) is 33.7 Å². The van der Waals surface area contributed by atoms with E-state index < -0.39 is 47.7 Å². The number of hydrogen-bond acceptors (Lipinski definition) is 8. The van der Waals surface area contributed by atoms with Gasteiger partial charge in [-0.2, -0.15) is 0 Å². The minimum Gasteiger partial charge on any atom is -0.444 e. The number of rotatable bonds is 17. The fraction of sp³-hybridized carbons (Fsp3) is 0.459. The highest BCUT2D eigenvalue weighted by atomic mass is 16.6. The van der Waals surface area contributed by atoms with E-state index in [9.17, 15) is 19.8 Å². The Morgan fingerprint density at radius 2 is 1.04 bits per heavy atom. The second-order valence-corrected chi connectivity index (χ2v) is 13.3. The molecule has 256 valence electrons. The van der Waals surface area contributed by atoms with Crippen LogP contribution in [0.3, 0.4) is 0 Å². The molecule has 0 saturated carbocycles. The molecule has 4 atom stereocenters. The number of benzene rings is 3. The maximum absolute atomic E-state index is 13.0. The van der Waals surface area contributed by atoms with Crippen molar-refractivity contribution in [3.63, 3.8) is 0 Å². The first-order chi connectivity index (χ1) is 22.3. The van der Waals surface area contributed by atoms with Crippen molar-refractivity contribution in [1.82, 2.24) is 16.0 Å². The van der Waals surface area contributed by atoms with E-state index >= 15 is 0 Å². The molecule has 3 aromatic carbocycles. The van der Waals surface area contributed by atoms with Crippen molar-refractivity contribution in [2.75, 3.05) is 19.7 Å². The van der Waals surface area contributed by atoms with Gasteiger partial charge in [0.2, 0.25) is 0 Å². The van der Waals surface area contributed by atoms with E-state index in [1.807, 2.05) is 91.0 Å². The molecular weight excluding hydrogens is 598 g/mol. The topological polar surface area (TPSA) is 138 Å². The van der Waals surface area contributed by atoms with Gasteiger partial charge < -0.3 is 40.4 Å². The van der Waals surface area contributed by atoms with Crippen molar-refractivity contribution in [2.24, 2.45) is 0 Å². The van der Waals surface area contributed by atoms with Gasteiger partial charge in [-0.15, -0.1) is 0 Å². The van der Waals surface area contributed by atoms with Crippen molar-refractivity contribution in [2.45, 2.75) is 89.6 Å². The average Bonchev–Trinajstić information content (AvgIpc) is 3.00. The Bertz CT molecular complexity index is 1330. The van der Waals surface area contributed by atoms with Crippen LogP contribution in [0, 0.1) is 0 Å². The van der Waals surface area contributed by atoms with E-state index in [4.69, 9.17) is 14.2 Å². The zero-order valence-electron chi connectivity index (χ0n) is 28.1. The lowest BCUT2D eigenvalue weighted by Crippen LogP contribution is -2.53. The second-order valence-electron chi connectivity index (χ2n) is 13.3. The maximum Gasteiger partial charge on any atom is 0.408 e. The molecule has 47 heavy (non-hydrogen) atoms. The molecule has 0 aliphatic carbocycles. The molecule has 0 aromatic heterocycles. The van der Waals surface area contributed by atoms with E-state index in [0.29, 0.717) is 19.4 Å². The third kappa shape index (κ3) is 15.0. The molecule has 2 amide bonds. The Kier molecular flexibility index (Phi) is 14.7. The highest BCUT2D eigenvalue weighted by Crippen LogP contribution is 2.14. The summed E-state index contributed by atoms with van der Waals surface area (Å²) in [7, 11) is 0. The SMILES string of the molecule is CC(C)(C)OC(=O)N[C@@H](Cc1ccccc1)[C@H](O)CNC[C@@H](O)[C@H](Cc1ccccc1)NC(=O)OC(C)(C)COCc1ccccc1. The summed E-state index contributed by atoms with van der Waals surface area (Å²) in [5.74, 6) is 0. The minimum atomic E-state index is -1.03. The number of aliphatic hydroxyl groups is 2. The lowest BCUT2D eigenvalue weighted by molar-refractivity contribution is -0.0403. The van der Waals surface area contributed by atoms with Crippen molar-refractivity contribution in [3.8, 4) is 0 Å². The molecular formula is C37H51N3O7. The van der Waals surface area contributed by atoms with E-state index in [2.05, 4.69) is 16.0 Å². The Hall–Kier alpha value is -3.96. The van der Waals surface area contributed by atoms with Gasteiger partial charge in [-0.25, -0.2) is 9.59 Å². The second kappa shape index (κ2) is 18.4. The molecule has 0 saturated heterocycles. The molecule has 0 spiro atoms. The third-order valence-electron chi connectivity index (χ3n) is 7.17. The quantitative estimate of drug-likeness (QED) is 0.141. The summed E-state index contributed by atoms with van der Waals surface area (Å²) in [5, 5.41) is 31.0. The van der Waals surface area contributed by atoms with E-state index in [1.165, 1.54) is 0 Å². The molecule has 0 radical (unpaired) electrons. The number of nitrogens with one attached hydrogen (secondary N) is 3. The zero-order chi connectivity index (χ0) is 34.3. The van der Waals surface area contributed by atoms with Gasteiger partial charge in [0.15, 0.2) is 0 Å². The molecule has 10 heteroatoms. The predicted molar refractivity (Wildman–Crippen MR) is 182 cm³/mol. The molecule has 0 aliphatic rings. The Morgan fingerprint density at radius 3 is 1.47 bits per heavy atom. The average molecular weight is 650 g/mol. The standard InChI is InChI=1S/C37H51N3O7/c1-36(2,3)46-34(43)39-30(21-27-15-9-6-10-16-27)32(41)23-38-24-33(42)31(22-28-17-11-7-12-18-28)40-35(44)47-37(4,5)26-45-25-29-19-13-8-14-20-29/h6-20,30-33,38,41-42H,21-26H2,1-5H3,(H,39,43)(H,40,44)/t30-,31-,32+,33+/m0/s1. The van der Waals surface area contributed by atoms with E-state index in [1.54, 1.807) is 34.6 Å². The first-order valence-corrected chi connectivity index (χ1v) is 16.0. The Balaban J connectivity index is 1.58. The van der Waals surface area contributed by atoms with Crippen molar-refractivity contribution in [1.29, 1.82) is 0 Å². The lowest BCUT2D eigenvalue weighted by atomic mass is 10.00. The molecule has 3 rings (SSSR count). The lowest BCUT2D eigenvalue weighted by Gasteiger charge is -2.30. The van der Waals surface area contributed by atoms with Gasteiger partial charge in [-0.1, -0.05) is 91.0 Å². The molecule has 0 unspecified atom stereocenters. The van der Waals surface area contributed by atoms with Gasteiger partial charge >= 0.3 is 12.2 Å². The van der Waals surface area contributed by atoms with Crippen molar-refractivity contribution in [3.05, 3.63) is 108 Å². The highest BCUT2D eigenvalue weighted by Gasteiger charge is 2.29. The number of ether oxygens (including phenoxy) is 3. The van der Waals surface area contributed by atoms with Crippen LogP contribution >= 0.6 is 0 Å². The van der Waals surface area contributed by atoms with Crippen LogP contribution in [0.5, 0.6) is 0 Å². The monoisotopic (exact) mass is 649 g/mol. The number of amides is 2. The van der Waals surface area contributed by atoms with Crippen LogP contribution < -0.4 is 16.0 Å². The van der Waals surface area contributed by atoms with Gasteiger partial charge in [0.05, 0.1) is 37.5 Å². The summed E-state index contributed by atoms with van der Waals surface area (Å²) in [5.41, 5.74) is 1.27. The predicted octanol–water partition coefficient (Wildman–Crippen LogP) is 4.77. The number of carbonyl (C=O) groups is 2. The van der Waals surface area contributed by atoms with Crippen LogP contribution in [0.1, 0.15) is 51.3 Å². The number of carbonyl (C=O) groups excluding carboxylic acids is 2. The maximum atomic E-state index is 13.0. The number of aliphatic hydroxyl groups excluding tert-OH is 2. The Morgan fingerprint density at radius 1 is 0.638 bits per heavy atom. The van der Waals surface area contributed by atoms with Gasteiger partial charge in [-0.05, 0) is 64.2 Å². The van der Waals surface area contributed by atoms with Gasteiger partial charge in [0.1, 0.15) is 11.2 Å². The molecule has 5 N–H and O–H groups in total. The summed E-state index contributed by atoms with van der Waals surface area (Å²) in [4.78, 5) is 25.6. The summed E-state index contributed by atoms with van der Waals surface area (Å²) in [6.45, 7) is 9.55. The molecule has 0 fully saturated rings. The smallest absolute Gasteiger partial charge is 0.408 e. The highest BCUT2D eigenvalue weighted by molar-refractivity contribution is 5.68. The summed E-state index contributed by atoms with van der Waals surface area (Å²) < 4.78 is 16.9. The van der Waals surface area contributed by atoms with Crippen molar-refractivity contribution >= 4 is 12.2 Å². The molecule has 0 aliphatic heterocycles. The third-order valence-corrected chi connectivity index (χ3v) is 7.17. The zero-order valence-corrected chi connectivity index (χ0v) is 28.1. The molecule has 3 aromatic rings. The van der Waals surface area contributed by atoms with Gasteiger partial charge in [-0.3, -0.25) is 0 Å². The minimum absolute atomic E-state index is 0.0584.